The smallest absolute Gasteiger partial charge is 0.404 e. The normalized spacial score (nSPS) is 12.6. The number of aromatic nitrogens is 2. The predicted molar refractivity (Wildman–Crippen MR) is 81.9 cm³/mol. The summed E-state index contributed by atoms with van der Waals surface area (Å²) in [7, 11) is 0. The summed E-state index contributed by atoms with van der Waals surface area (Å²) in [6.45, 7) is 0. The van der Waals surface area contributed by atoms with Gasteiger partial charge in [0.1, 0.15) is 11.9 Å². The van der Waals surface area contributed by atoms with E-state index in [-0.39, 0.29) is 5.56 Å². The Morgan fingerprint density at radius 3 is 2.04 bits per heavy atom. The van der Waals surface area contributed by atoms with Crippen molar-refractivity contribution in [1.82, 2.24) is 9.97 Å². The minimum atomic E-state index is -4.49. The van der Waals surface area contributed by atoms with Crippen molar-refractivity contribution in [3.05, 3.63) is 60.1 Å². The first-order chi connectivity index (χ1) is 10.7. The SMILES string of the molecule is N/C=C\c1ncc(S)cn1.N[C@H](c1ccc(F)cc1)C(F)(F)F. The molecule has 0 aliphatic rings. The van der Waals surface area contributed by atoms with Crippen molar-refractivity contribution in [2.45, 2.75) is 17.1 Å². The molecule has 0 aliphatic carbocycles. The van der Waals surface area contributed by atoms with Crippen LogP contribution in [-0.4, -0.2) is 16.1 Å². The van der Waals surface area contributed by atoms with Gasteiger partial charge in [0.15, 0.2) is 5.82 Å². The molecule has 0 saturated heterocycles. The van der Waals surface area contributed by atoms with Crippen LogP contribution >= 0.6 is 12.6 Å². The van der Waals surface area contributed by atoms with Crippen LogP contribution in [0.15, 0.2) is 47.8 Å². The molecule has 9 heteroatoms. The molecule has 0 fully saturated rings. The zero-order chi connectivity index (χ0) is 17.5. The quantitative estimate of drug-likeness (QED) is 0.577. The first-order valence-electron chi connectivity index (χ1n) is 6.21. The van der Waals surface area contributed by atoms with Crippen LogP contribution in [0.1, 0.15) is 17.4 Å². The lowest BCUT2D eigenvalue weighted by molar-refractivity contribution is -0.149. The molecule has 4 N–H and O–H groups in total. The lowest BCUT2D eigenvalue weighted by Gasteiger charge is -2.15. The van der Waals surface area contributed by atoms with Crippen LogP contribution in [0.3, 0.4) is 0 Å². The fourth-order valence-corrected chi connectivity index (χ4v) is 1.48. The van der Waals surface area contributed by atoms with Crippen LogP contribution in [0.4, 0.5) is 17.6 Å². The van der Waals surface area contributed by atoms with Gasteiger partial charge in [0.25, 0.3) is 0 Å². The molecule has 1 aromatic carbocycles. The molecule has 0 unspecified atom stereocenters. The van der Waals surface area contributed by atoms with E-state index in [1.807, 2.05) is 0 Å². The van der Waals surface area contributed by atoms with Crippen LogP contribution in [0.25, 0.3) is 6.08 Å². The van der Waals surface area contributed by atoms with E-state index < -0.39 is 18.0 Å². The monoisotopic (exact) mass is 346 g/mol. The Balaban J connectivity index is 0.000000238. The minimum absolute atomic E-state index is 0.145. The van der Waals surface area contributed by atoms with Gasteiger partial charge in [0.05, 0.1) is 0 Å². The maximum Gasteiger partial charge on any atom is 0.407 e. The van der Waals surface area contributed by atoms with Gasteiger partial charge in [-0.25, -0.2) is 14.4 Å². The molecule has 1 heterocycles. The Morgan fingerprint density at radius 2 is 1.61 bits per heavy atom. The highest BCUT2D eigenvalue weighted by atomic mass is 32.1. The van der Waals surface area contributed by atoms with Gasteiger partial charge in [-0.1, -0.05) is 12.1 Å². The Hall–Kier alpha value is -2.13. The second-order valence-electron chi connectivity index (χ2n) is 4.23. The largest absolute Gasteiger partial charge is 0.407 e. The van der Waals surface area contributed by atoms with E-state index in [9.17, 15) is 17.6 Å². The lowest BCUT2D eigenvalue weighted by atomic mass is 10.1. The van der Waals surface area contributed by atoms with E-state index in [4.69, 9.17) is 11.5 Å². The zero-order valence-corrected chi connectivity index (χ0v) is 12.6. The summed E-state index contributed by atoms with van der Waals surface area (Å²) in [4.78, 5) is 8.57. The van der Waals surface area contributed by atoms with Crippen LogP contribution in [0.2, 0.25) is 0 Å². The number of thiol groups is 1. The average molecular weight is 346 g/mol. The standard InChI is InChI=1S/C8H7F4N.C6H7N3S/c9-6-3-1-5(2-4-6)7(13)8(10,11)12;7-2-1-6-8-3-5(10)4-9-6/h1-4,7H,13H2;1-4,10H,7H2/b;2-1-/t7-;/m1./s1. The number of nitrogens with zero attached hydrogens (tertiary/aromatic N) is 2. The third kappa shape index (κ3) is 6.66. The Bertz CT molecular complexity index is 627. The summed E-state index contributed by atoms with van der Waals surface area (Å²) < 4.78 is 48.4. The fraction of sp³-hybridized carbons (Fsp3) is 0.143. The molecular weight excluding hydrogens is 332 g/mol. The van der Waals surface area contributed by atoms with Gasteiger partial charge >= 0.3 is 6.18 Å². The Kier molecular flexibility index (Phi) is 6.98. The first-order valence-corrected chi connectivity index (χ1v) is 6.66. The van der Waals surface area contributed by atoms with Crippen molar-refractivity contribution in [1.29, 1.82) is 0 Å². The van der Waals surface area contributed by atoms with Crippen molar-refractivity contribution in [3.8, 4) is 0 Å². The van der Waals surface area contributed by atoms with E-state index in [2.05, 4.69) is 22.6 Å². The molecule has 23 heavy (non-hydrogen) atoms. The maximum atomic E-state index is 12.3. The number of hydrogen-bond acceptors (Lipinski definition) is 5. The van der Waals surface area contributed by atoms with Gasteiger partial charge in [-0.2, -0.15) is 13.2 Å². The molecular formula is C14H14F4N4S. The average Bonchev–Trinajstić information content (AvgIpc) is 2.50. The van der Waals surface area contributed by atoms with Gasteiger partial charge in [0.2, 0.25) is 0 Å². The Labute approximate surface area is 135 Å². The zero-order valence-electron chi connectivity index (χ0n) is 11.7. The van der Waals surface area contributed by atoms with Crippen LogP contribution in [0, 0.1) is 5.82 Å². The number of rotatable bonds is 2. The highest BCUT2D eigenvalue weighted by Gasteiger charge is 2.37. The van der Waals surface area contributed by atoms with Gasteiger partial charge in [0, 0.05) is 17.3 Å². The van der Waals surface area contributed by atoms with E-state index in [1.54, 1.807) is 18.5 Å². The summed E-state index contributed by atoms with van der Waals surface area (Å²) >= 11 is 4.02. The molecule has 0 bridgehead atoms. The number of halogens is 4. The fourth-order valence-electron chi connectivity index (χ4n) is 1.36. The van der Waals surface area contributed by atoms with Crippen molar-refractivity contribution in [2.24, 2.45) is 11.5 Å². The number of hydrogen-bond donors (Lipinski definition) is 3. The summed E-state index contributed by atoms with van der Waals surface area (Å²) in [5.41, 5.74) is 9.85. The topological polar surface area (TPSA) is 77.8 Å². The summed E-state index contributed by atoms with van der Waals surface area (Å²) in [6, 6.07) is 1.89. The third-order valence-corrected chi connectivity index (χ3v) is 2.72. The second-order valence-corrected chi connectivity index (χ2v) is 4.75. The molecule has 1 atom stereocenters. The highest BCUT2D eigenvalue weighted by molar-refractivity contribution is 7.80. The summed E-state index contributed by atoms with van der Waals surface area (Å²) in [6.07, 6.45) is 1.76. The van der Waals surface area contributed by atoms with Crippen LogP contribution in [0.5, 0.6) is 0 Å². The maximum absolute atomic E-state index is 12.3. The van der Waals surface area contributed by atoms with Crippen molar-refractivity contribution < 1.29 is 17.6 Å². The number of nitrogens with two attached hydrogens (primary N) is 2. The third-order valence-electron chi connectivity index (χ3n) is 2.49. The van der Waals surface area contributed by atoms with Gasteiger partial charge < -0.3 is 11.5 Å². The van der Waals surface area contributed by atoms with Crippen molar-refractivity contribution in [2.75, 3.05) is 0 Å². The first kappa shape index (κ1) is 18.9. The molecule has 2 aromatic rings. The summed E-state index contributed by atoms with van der Waals surface area (Å²) in [5.74, 6) is 0.0124. The molecule has 124 valence electrons. The lowest BCUT2D eigenvalue weighted by Crippen LogP contribution is -2.28. The van der Waals surface area contributed by atoms with Gasteiger partial charge in [-0.3, -0.25) is 0 Å². The van der Waals surface area contributed by atoms with E-state index >= 15 is 0 Å². The molecule has 0 amide bonds. The molecule has 0 saturated carbocycles. The molecule has 0 aliphatic heterocycles. The van der Waals surface area contributed by atoms with E-state index in [0.29, 0.717) is 5.82 Å². The number of alkyl halides is 3. The molecule has 0 spiro atoms. The molecule has 2 rings (SSSR count). The number of benzene rings is 1. The molecule has 1 aromatic heterocycles. The molecule has 0 radical (unpaired) electrons. The van der Waals surface area contributed by atoms with Crippen LogP contribution < -0.4 is 11.5 Å². The van der Waals surface area contributed by atoms with Crippen LogP contribution in [-0.2, 0) is 0 Å². The minimum Gasteiger partial charge on any atom is -0.404 e. The van der Waals surface area contributed by atoms with E-state index in [1.165, 1.54) is 6.20 Å². The van der Waals surface area contributed by atoms with Gasteiger partial charge in [-0.15, -0.1) is 12.6 Å². The van der Waals surface area contributed by atoms with Crippen molar-refractivity contribution in [3.63, 3.8) is 0 Å². The Morgan fingerprint density at radius 1 is 1.09 bits per heavy atom. The second kappa shape index (κ2) is 8.49. The summed E-state index contributed by atoms with van der Waals surface area (Å²) in [5, 5.41) is 0. The van der Waals surface area contributed by atoms with Gasteiger partial charge in [-0.05, 0) is 30.0 Å². The van der Waals surface area contributed by atoms with Crippen molar-refractivity contribution >= 4 is 18.7 Å². The predicted octanol–water partition coefficient (Wildman–Crippen LogP) is 3.08. The molecule has 4 nitrogen and oxygen atoms in total. The highest BCUT2D eigenvalue weighted by Crippen LogP contribution is 2.30. The van der Waals surface area contributed by atoms with E-state index in [0.717, 1.165) is 29.2 Å².